The summed E-state index contributed by atoms with van der Waals surface area (Å²) in [6.07, 6.45) is 0. The van der Waals surface area contributed by atoms with Crippen LogP contribution in [0.2, 0.25) is 10.0 Å². The minimum Gasteiger partial charge on any atom is -0.496 e. The van der Waals surface area contributed by atoms with Gasteiger partial charge in [-0.05, 0) is 24.3 Å². The molecule has 0 bridgehead atoms. The van der Waals surface area contributed by atoms with Gasteiger partial charge in [-0.2, -0.15) is 0 Å². The molecule has 2 aromatic rings. The van der Waals surface area contributed by atoms with E-state index >= 15 is 0 Å². The van der Waals surface area contributed by atoms with Gasteiger partial charge in [0.05, 0.1) is 35.4 Å². The van der Waals surface area contributed by atoms with Crippen LogP contribution in [0.1, 0.15) is 27.0 Å². The fraction of sp³-hybridized carbons (Fsp3) is 0.235. The molecule has 0 heterocycles. The van der Waals surface area contributed by atoms with E-state index in [2.05, 4.69) is 0 Å². The predicted molar refractivity (Wildman–Crippen MR) is 101 cm³/mol. The Bertz CT molecular complexity index is 888. The Balaban J connectivity index is 2.60. The Morgan fingerprint density at radius 3 is 1.50 bits per heavy atom. The summed E-state index contributed by atoms with van der Waals surface area (Å²) in [5.41, 5.74) is -0.0118. The Morgan fingerprint density at radius 1 is 0.857 bits per heavy atom. The maximum Gasteiger partial charge on any atom is 0.233 e. The van der Waals surface area contributed by atoms with Gasteiger partial charge in [-0.1, -0.05) is 23.2 Å². The van der Waals surface area contributed by atoms with Gasteiger partial charge in [-0.15, -0.1) is 0 Å². The van der Waals surface area contributed by atoms with Crippen LogP contribution < -0.4 is 9.47 Å². The quantitative estimate of drug-likeness (QED) is 0.355. The highest BCUT2D eigenvalue weighted by atomic mass is 35.5. The van der Waals surface area contributed by atoms with Gasteiger partial charge in [-0.25, -0.2) is 0 Å². The Morgan fingerprint density at radius 2 is 1.21 bits per heavy atom. The maximum atomic E-state index is 13.0. The van der Waals surface area contributed by atoms with Crippen molar-refractivity contribution >= 4 is 29.0 Å². The summed E-state index contributed by atoms with van der Waals surface area (Å²) < 4.78 is 10.1. The number of methoxy groups -OCH3 is 2. The zero-order valence-corrected chi connectivity index (χ0v) is 16.2. The SMILES string of the molecule is COc1ccc(C(=O)c2ccc(OC)c(C[N+](=O)[O-])c2Cl)c(Cl)c1C[N+](=O)[O-]. The lowest BCUT2D eigenvalue weighted by molar-refractivity contribution is -0.497. The second kappa shape index (κ2) is 8.85. The number of ketones is 1. The molecule has 0 aromatic heterocycles. The number of carbonyl (C=O) groups excluding carboxylic acids is 1. The third-order valence-corrected chi connectivity index (χ3v) is 4.77. The molecule has 0 aliphatic carbocycles. The molecule has 0 radical (unpaired) electrons. The van der Waals surface area contributed by atoms with Crippen LogP contribution in [-0.2, 0) is 13.1 Å². The molecule has 0 aliphatic heterocycles. The fourth-order valence-corrected chi connectivity index (χ4v) is 3.24. The first-order valence-electron chi connectivity index (χ1n) is 7.70. The number of nitro groups is 2. The van der Waals surface area contributed by atoms with Crippen LogP contribution >= 0.6 is 23.2 Å². The van der Waals surface area contributed by atoms with Gasteiger partial charge in [0, 0.05) is 21.0 Å². The average molecular weight is 429 g/mol. The second-order valence-corrected chi connectivity index (χ2v) is 6.28. The molecule has 0 saturated heterocycles. The van der Waals surface area contributed by atoms with Crippen molar-refractivity contribution in [2.75, 3.05) is 14.2 Å². The fourth-order valence-electron chi connectivity index (χ4n) is 2.64. The van der Waals surface area contributed by atoms with E-state index in [0.29, 0.717) is 0 Å². The molecule has 0 N–H and O–H groups in total. The van der Waals surface area contributed by atoms with Gasteiger partial charge in [0.1, 0.15) is 11.5 Å². The highest BCUT2D eigenvalue weighted by Crippen LogP contribution is 2.35. The van der Waals surface area contributed by atoms with Crippen LogP contribution in [0, 0.1) is 20.2 Å². The molecule has 9 nitrogen and oxygen atoms in total. The normalized spacial score (nSPS) is 10.4. The lowest BCUT2D eigenvalue weighted by Crippen LogP contribution is -2.10. The van der Waals surface area contributed by atoms with E-state index in [1.165, 1.54) is 38.5 Å². The van der Waals surface area contributed by atoms with E-state index in [9.17, 15) is 25.0 Å². The summed E-state index contributed by atoms with van der Waals surface area (Å²) in [6.45, 7) is -1.29. The highest BCUT2D eigenvalue weighted by Gasteiger charge is 2.26. The highest BCUT2D eigenvalue weighted by molar-refractivity contribution is 6.39. The van der Waals surface area contributed by atoms with Crippen LogP contribution in [0.4, 0.5) is 0 Å². The summed E-state index contributed by atoms with van der Waals surface area (Å²) in [5.74, 6) is -0.323. The number of rotatable bonds is 8. The van der Waals surface area contributed by atoms with Crippen LogP contribution in [0.5, 0.6) is 11.5 Å². The number of carbonyl (C=O) groups is 1. The minimum absolute atomic E-state index is 0.0372. The van der Waals surface area contributed by atoms with Crippen molar-refractivity contribution in [2.45, 2.75) is 13.1 Å². The molecular weight excluding hydrogens is 415 g/mol. The van der Waals surface area contributed by atoms with E-state index < -0.39 is 28.7 Å². The van der Waals surface area contributed by atoms with Crippen molar-refractivity contribution in [3.05, 3.63) is 76.8 Å². The number of hydrogen-bond acceptors (Lipinski definition) is 7. The lowest BCUT2D eigenvalue weighted by atomic mass is 9.98. The zero-order chi connectivity index (χ0) is 21.0. The minimum atomic E-state index is -0.647. The molecule has 0 saturated carbocycles. The first-order chi connectivity index (χ1) is 13.2. The molecule has 0 atom stereocenters. The van der Waals surface area contributed by atoms with Gasteiger partial charge in [0.15, 0.2) is 5.78 Å². The van der Waals surface area contributed by atoms with Crippen LogP contribution in [0.25, 0.3) is 0 Å². The summed E-state index contributed by atoms with van der Waals surface area (Å²) in [4.78, 5) is 33.6. The van der Waals surface area contributed by atoms with Crippen LogP contribution in [-0.4, -0.2) is 29.8 Å². The predicted octanol–water partition coefficient (Wildman–Crippen LogP) is 3.80. The summed E-state index contributed by atoms with van der Waals surface area (Å²) in [5, 5.41) is 21.5. The van der Waals surface area contributed by atoms with Crippen molar-refractivity contribution in [3.8, 4) is 11.5 Å². The second-order valence-electron chi connectivity index (χ2n) is 5.53. The first kappa shape index (κ1) is 21.4. The maximum absolute atomic E-state index is 13.0. The monoisotopic (exact) mass is 428 g/mol. The number of halogens is 2. The molecule has 0 unspecified atom stereocenters. The standard InChI is InChI=1S/C17H14Cl2N2O7/c1-27-13-5-3-9(15(18)11(13)7-20(23)24)17(22)10-4-6-14(28-2)12(16(10)19)8-21(25)26/h3-6H,7-8H2,1-2H3. The summed E-state index contributed by atoms with van der Waals surface area (Å²) in [7, 11) is 2.64. The van der Waals surface area contributed by atoms with Crippen LogP contribution in [0.15, 0.2) is 24.3 Å². The van der Waals surface area contributed by atoms with Crippen molar-refractivity contribution < 1.29 is 24.1 Å². The molecule has 28 heavy (non-hydrogen) atoms. The van der Waals surface area contributed by atoms with Gasteiger partial charge in [-0.3, -0.25) is 25.0 Å². The molecule has 148 valence electrons. The van der Waals surface area contributed by atoms with E-state index in [0.717, 1.165) is 0 Å². The molecule has 2 aromatic carbocycles. The van der Waals surface area contributed by atoms with E-state index in [4.69, 9.17) is 32.7 Å². The van der Waals surface area contributed by atoms with Gasteiger partial charge in [0.25, 0.3) is 0 Å². The van der Waals surface area contributed by atoms with Crippen molar-refractivity contribution in [1.82, 2.24) is 0 Å². The summed E-state index contributed by atoms with van der Waals surface area (Å²) >= 11 is 12.5. The molecule has 0 aliphatic rings. The van der Waals surface area contributed by atoms with E-state index in [1.807, 2.05) is 0 Å². The molecule has 11 heteroatoms. The van der Waals surface area contributed by atoms with Crippen LogP contribution in [0.3, 0.4) is 0 Å². The van der Waals surface area contributed by atoms with Gasteiger partial charge >= 0.3 is 0 Å². The Labute approximate surface area is 169 Å². The van der Waals surface area contributed by atoms with Gasteiger partial charge < -0.3 is 9.47 Å². The zero-order valence-electron chi connectivity index (χ0n) is 14.7. The molecular formula is C17H14Cl2N2O7. The molecule has 0 amide bonds. The topological polar surface area (TPSA) is 122 Å². The number of ether oxygens (including phenoxy) is 2. The third kappa shape index (κ3) is 4.32. The molecule has 2 rings (SSSR count). The lowest BCUT2D eigenvalue weighted by Gasteiger charge is -2.14. The number of nitrogens with zero attached hydrogens (tertiary/aromatic N) is 2. The smallest absolute Gasteiger partial charge is 0.233 e. The summed E-state index contributed by atoms with van der Waals surface area (Å²) in [6, 6.07) is 5.46. The number of benzene rings is 2. The molecule has 0 fully saturated rings. The van der Waals surface area contributed by atoms with Crippen molar-refractivity contribution in [1.29, 1.82) is 0 Å². The van der Waals surface area contributed by atoms with Crippen molar-refractivity contribution in [2.24, 2.45) is 0 Å². The van der Waals surface area contributed by atoms with Crippen molar-refractivity contribution in [3.63, 3.8) is 0 Å². The number of hydrogen-bond donors (Lipinski definition) is 0. The van der Waals surface area contributed by atoms with Gasteiger partial charge in [0.2, 0.25) is 13.1 Å². The molecule has 0 spiro atoms. The largest absolute Gasteiger partial charge is 0.496 e. The average Bonchev–Trinajstić information content (AvgIpc) is 2.63. The van der Waals surface area contributed by atoms with E-state index in [-0.39, 0.29) is 43.8 Å². The Hall–Kier alpha value is -2.91. The first-order valence-corrected chi connectivity index (χ1v) is 8.45. The van der Waals surface area contributed by atoms with E-state index in [1.54, 1.807) is 0 Å². The Kier molecular flexibility index (Phi) is 6.76. The third-order valence-electron chi connectivity index (χ3n) is 3.90.